The van der Waals surface area contributed by atoms with Crippen molar-refractivity contribution in [2.75, 3.05) is 0 Å². The zero-order valence-corrected chi connectivity index (χ0v) is 15.8. The van der Waals surface area contributed by atoms with Crippen LogP contribution in [0.2, 0.25) is 0 Å². The number of hydrogen-bond donors (Lipinski definition) is 0. The quantitative estimate of drug-likeness (QED) is 0.532. The van der Waals surface area contributed by atoms with E-state index in [4.69, 9.17) is 4.74 Å². The molecule has 0 saturated carbocycles. The van der Waals surface area contributed by atoms with E-state index in [-0.39, 0.29) is 0 Å². The molecule has 3 rings (SSSR count). The van der Waals surface area contributed by atoms with Gasteiger partial charge in [-0.05, 0) is 0 Å². The van der Waals surface area contributed by atoms with Crippen molar-refractivity contribution in [3.8, 4) is 0 Å². The molecule has 0 aliphatic rings. The number of nitrogens with zero attached hydrogens (tertiary/aromatic N) is 1. The molecular weight excluding hydrogens is 373 g/mol. The van der Waals surface area contributed by atoms with E-state index in [1.165, 1.54) is 11.1 Å². The molecule has 0 atom stereocenters. The van der Waals surface area contributed by atoms with Gasteiger partial charge in [0.05, 0.1) is 0 Å². The molecule has 0 amide bonds. The molecule has 25 heavy (non-hydrogen) atoms. The molecule has 0 heterocycles. The predicted octanol–water partition coefficient (Wildman–Crippen LogP) is 4.16. The van der Waals surface area contributed by atoms with Crippen LogP contribution in [0, 0.1) is 0 Å². The van der Waals surface area contributed by atoms with Gasteiger partial charge in [-0.25, -0.2) is 0 Å². The molecule has 0 aliphatic carbocycles. The maximum atomic E-state index is 6.02. The Labute approximate surface area is 157 Å². The van der Waals surface area contributed by atoms with Crippen molar-refractivity contribution in [1.82, 2.24) is 4.90 Å². The van der Waals surface area contributed by atoms with Crippen LogP contribution in [0.1, 0.15) is 16.7 Å². The first-order chi connectivity index (χ1) is 12.3. The third-order valence-corrected chi connectivity index (χ3v) is 4.68. The average Bonchev–Trinajstić information content (AvgIpc) is 2.68. The summed E-state index contributed by atoms with van der Waals surface area (Å²) in [6, 6.07) is 31.2. The van der Waals surface area contributed by atoms with Crippen LogP contribution in [-0.2, 0) is 24.4 Å². The van der Waals surface area contributed by atoms with Gasteiger partial charge in [0.2, 0.25) is 0 Å². The third-order valence-electron chi connectivity index (χ3n) is 3.90. The summed E-state index contributed by atoms with van der Waals surface area (Å²) < 4.78 is 6.84. The van der Waals surface area contributed by atoms with Crippen LogP contribution in [0.5, 0.6) is 0 Å². The predicted molar refractivity (Wildman–Crippen MR) is 104 cm³/mol. The molecular formula is C22H21NOSe. The maximum absolute atomic E-state index is 6.02. The summed E-state index contributed by atoms with van der Waals surface area (Å²) in [5.41, 5.74) is 3.68. The molecule has 0 unspecified atom stereocenters. The summed E-state index contributed by atoms with van der Waals surface area (Å²) in [6.45, 7) is 2.16. The average molecular weight is 394 g/mol. The molecule has 0 bridgehead atoms. The van der Waals surface area contributed by atoms with Gasteiger partial charge in [0.15, 0.2) is 0 Å². The fourth-order valence-corrected chi connectivity index (χ4v) is 3.00. The molecule has 0 aromatic heterocycles. The number of benzene rings is 3. The normalized spacial score (nSPS) is 10.2. The molecule has 3 aromatic rings. The van der Waals surface area contributed by atoms with E-state index in [1.54, 1.807) is 0 Å². The zero-order valence-electron chi connectivity index (χ0n) is 14.0. The molecule has 0 saturated heterocycles. The Hall–Kier alpha value is -2.35. The first kappa shape index (κ1) is 17.5. The number of hydrogen-bond acceptors (Lipinski definition) is 2. The second kappa shape index (κ2) is 9.22. The van der Waals surface area contributed by atoms with Crippen LogP contribution in [0.4, 0.5) is 0 Å². The van der Waals surface area contributed by atoms with Gasteiger partial charge in [-0.1, -0.05) is 0 Å². The van der Waals surface area contributed by atoms with Crippen LogP contribution in [0.3, 0.4) is 0 Å². The molecule has 0 radical (unpaired) electrons. The Morgan fingerprint density at radius 1 is 0.640 bits per heavy atom. The molecule has 0 N–H and O–H groups in total. The molecule has 0 fully saturated rings. The molecule has 3 aromatic carbocycles. The van der Waals surface area contributed by atoms with Crippen molar-refractivity contribution in [1.29, 1.82) is 0 Å². The van der Waals surface area contributed by atoms with Gasteiger partial charge < -0.3 is 0 Å². The Kier molecular flexibility index (Phi) is 6.44. The van der Waals surface area contributed by atoms with E-state index in [0.29, 0.717) is 6.61 Å². The minimum absolute atomic E-state index is 0.559. The number of rotatable bonds is 8. The van der Waals surface area contributed by atoms with Crippen LogP contribution in [-0.4, -0.2) is 25.2 Å². The molecule has 0 spiro atoms. The van der Waals surface area contributed by atoms with E-state index in [0.717, 1.165) is 23.4 Å². The summed E-state index contributed by atoms with van der Waals surface area (Å²) in [4.78, 5) is 2.23. The molecule has 2 nitrogen and oxygen atoms in total. The topological polar surface area (TPSA) is 12.5 Å². The van der Waals surface area contributed by atoms with E-state index in [2.05, 4.69) is 81.1 Å². The van der Waals surface area contributed by atoms with Crippen LogP contribution < -0.4 is 0 Å². The first-order valence-electron chi connectivity index (χ1n) is 8.35. The molecule has 0 aliphatic heterocycles. The van der Waals surface area contributed by atoms with Gasteiger partial charge in [0.1, 0.15) is 0 Å². The van der Waals surface area contributed by atoms with E-state index in [1.807, 2.05) is 30.3 Å². The summed E-state index contributed by atoms with van der Waals surface area (Å²) in [5.74, 6) is 0. The Balaban J connectivity index is 1.69. The van der Waals surface area contributed by atoms with Crippen LogP contribution in [0.15, 0.2) is 91.0 Å². The van der Waals surface area contributed by atoms with Gasteiger partial charge in [0.25, 0.3) is 0 Å². The van der Waals surface area contributed by atoms with E-state index < -0.39 is 0 Å². The fourth-order valence-electron chi connectivity index (χ4n) is 2.60. The minimum atomic E-state index is 0.559. The SMILES string of the molecule is [Se]=C(OCc1ccccc1)N(Cc1ccccc1)Cc1ccccc1. The van der Waals surface area contributed by atoms with Crippen molar-refractivity contribution >= 4 is 20.3 Å². The second-order valence-corrected chi connectivity index (χ2v) is 6.60. The second-order valence-electron chi connectivity index (χ2n) is 5.87. The summed E-state index contributed by atoms with van der Waals surface area (Å²) >= 11 is 3.11. The van der Waals surface area contributed by atoms with E-state index in [9.17, 15) is 0 Å². The molecule has 126 valence electrons. The molecule has 3 heteroatoms. The standard InChI is InChI=1S/C22H21NOSe/c25-22(24-18-21-14-8-3-9-15-21)23(16-19-10-4-1-5-11-19)17-20-12-6-2-7-13-20/h1-15H,16-18H2. The Bertz CT molecular complexity index is 733. The fraction of sp³-hybridized carbons (Fsp3) is 0.136. The van der Waals surface area contributed by atoms with Crippen molar-refractivity contribution in [2.24, 2.45) is 0 Å². The zero-order chi connectivity index (χ0) is 17.3. The summed E-state index contributed by atoms with van der Waals surface area (Å²) in [7, 11) is 0. The van der Waals surface area contributed by atoms with Crippen molar-refractivity contribution in [3.05, 3.63) is 108 Å². The number of ether oxygens (including phenoxy) is 1. The Morgan fingerprint density at radius 3 is 1.48 bits per heavy atom. The van der Waals surface area contributed by atoms with Crippen molar-refractivity contribution < 1.29 is 4.74 Å². The summed E-state index contributed by atoms with van der Waals surface area (Å²) in [5, 5.41) is 0. The summed E-state index contributed by atoms with van der Waals surface area (Å²) in [6.07, 6.45) is 0. The first-order valence-corrected chi connectivity index (χ1v) is 9.20. The monoisotopic (exact) mass is 395 g/mol. The van der Waals surface area contributed by atoms with Crippen molar-refractivity contribution in [3.63, 3.8) is 0 Å². The van der Waals surface area contributed by atoms with Gasteiger partial charge >= 0.3 is 157 Å². The van der Waals surface area contributed by atoms with Gasteiger partial charge in [-0.15, -0.1) is 0 Å². The van der Waals surface area contributed by atoms with Crippen LogP contribution >= 0.6 is 0 Å². The van der Waals surface area contributed by atoms with Gasteiger partial charge in [-0.3, -0.25) is 0 Å². The van der Waals surface area contributed by atoms with Gasteiger partial charge in [-0.2, -0.15) is 0 Å². The third kappa shape index (κ3) is 5.60. The van der Waals surface area contributed by atoms with Crippen molar-refractivity contribution in [2.45, 2.75) is 19.7 Å². The van der Waals surface area contributed by atoms with Gasteiger partial charge in [0, 0.05) is 0 Å². The van der Waals surface area contributed by atoms with E-state index >= 15 is 0 Å². The van der Waals surface area contributed by atoms with Crippen LogP contribution in [0.25, 0.3) is 0 Å². The Morgan fingerprint density at radius 2 is 1.04 bits per heavy atom.